The van der Waals surface area contributed by atoms with Crippen molar-refractivity contribution in [2.75, 3.05) is 0 Å². The molecule has 2 N–H and O–H groups in total. The van der Waals surface area contributed by atoms with Crippen LogP contribution in [0.2, 0.25) is 0 Å². The summed E-state index contributed by atoms with van der Waals surface area (Å²) in [5.41, 5.74) is 0.505. The van der Waals surface area contributed by atoms with Crippen molar-refractivity contribution in [1.82, 2.24) is 25.4 Å². The Bertz CT molecular complexity index is 471. The van der Waals surface area contributed by atoms with Crippen LogP contribution < -0.4 is 5.56 Å². The molecule has 0 saturated heterocycles. The van der Waals surface area contributed by atoms with Crippen molar-refractivity contribution in [3.63, 3.8) is 0 Å². The highest BCUT2D eigenvalue weighted by atomic mass is 16.1. The van der Waals surface area contributed by atoms with Gasteiger partial charge in [0.2, 0.25) is 5.65 Å². The van der Waals surface area contributed by atoms with Crippen molar-refractivity contribution in [1.29, 1.82) is 0 Å². The Kier molecular flexibility index (Phi) is 1.80. The number of hydrogen-bond donors (Lipinski definition) is 2. The van der Waals surface area contributed by atoms with E-state index in [1.165, 1.54) is 0 Å². The van der Waals surface area contributed by atoms with E-state index in [0.717, 1.165) is 18.7 Å². The van der Waals surface area contributed by atoms with Gasteiger partial charge in [-0.15, -0.1) is 5.10 Å². The van der Waals surface area contributed by atoms with Crippen molar-refractivity contribution in [2.45, 2.75) is 19.8 Å². The Hall–Kier alpha value is -1.72. The molecule has 0 amide bonds. The molecule has 6 nitrogen and oxygen atoms in total. The van der Waals surface area contributed by atoms with E-state index in [2.05, 4.69) is 25.4 Å². The fourth-order valence-corrected chi connectivity index (χ4v) is 1.17. The van der Waals surface area contributed by atoms with E-state index in [4.69, 9.17) is 0 Å². The Morgan fingerprint density at radius 1 is 1.46 bits per heavy atom. The van der Waals surface area contributed by atoms with E-state index >= 15 is 0 Å². The van der Waals surface area contributed by atoms with Crippen LogP contribution in [0.4, 0.5) is 0 Å². The number of imidazole rings is 1. The van der Waals surface area contributed by atoms with Crippen molar-refractivity contribution >= 4 is 11.2 Å². The molecule has 0 bridgehead atoms. The van der Waals surface area contributed by atoms with Gasteiger partial charge in [-0.2, -0.15) is 0 Å². The highest BCUT2D eigenvalue weighted by molar-refractivity contribution is 5.67. The van der Waals surface area contributed by atoms with Crippen molar-refractivity contribution in [3.05, 3.63) is 16.2 Å². The number of rotatable bonds is 2. The average Bonchev–Trinajstić information content (AvgIpc) is 2.49. The Morgan fingerprint density at radius 2 is 2.31 bits per heavy atom. The second-order valence-corrected chi connectivity index (χ2v) is 2.77. The first-order valence-corrected chi connectivity index (χ1v) is 4.11. The zero-order valence-electron chi connectivity index (χ0n) is 7.16. The van der Waals surface area contributed by atoms with Crippen LogP contribution in [0.5, 0.6) is 0 Å². The molecule has 0 fully saturated rings. The van der Waals surface area contributed by atoms with Gasteiger partial charge >= 0.3 is 0 Å². The number of H-pyrrole nitrogens is 2. The predicted octanol–water partition coefficient (Wildman–Crippen LogP) is -0.00630. The summed E-state index contributed by atoms with van der Waals surface area (Å²) in [5.74, 6) is 0.781. The van der Waals surface area contributed by atoms with E-state index in [-0.39, 0.29) is 5.56 Å². The van der Waals surface area contributed by atoms with Gasteiger partial charge in [0.25, 0.3) is 5.56 Å². The van der Waals surface area contributed by atoms with Gasteiger partial charge < -0.3 is 4.98 Å². The van der Waals surface area contributed by atoms with Gasteiger partial charge in [0.15, 0.2) is 5.52 Å². The molecule has 0 unspecified atom stereocenters. The lowest BCUT2D eigenvalue weighted by Gasteiger charge is -1.86. The summed E-state index contributed by atoms with van der Waals surface area (Å²) in [7, 11) is 0. The highest BCUT2D eigenvalue weighted by Gasteiger charge is 2.05. The molecule has 0 aliphatic carbocycles. The van der Waals surface area contributed by atoms with E-state index in [0.29, 0.717) is 11.2 Å². The molecule has 0 spiro atoms. The van der Waals surface area contributed by atoms with Crippen LogP contribution in [0.25, 0.3) is 11.2 Å². The Balaban J connectivity index is 2.62. The molecule has 0 aromatic carbocycles. The van der Waals surface area contributed by atoms with Crippen LogP contribution >= 0.6 is 0 Å². The molecular formula is C7H9N5O. The van der Waals surface area contributed by atoms with Gasteiger partial charge in [0.05, 0.1) is 0 Å². The second-order valence-electron chi connectivity index (χ2n) is 2.77. The van der Waals surface area contributed by atoms with Crippen LogP contribution in [0, 0.1) is 0 Å². The van der Waals surface area contributed by atoms with Gasteiger partial charge in [-0.05, 0) is 6.42 Å². The molecule has 0 radical (unpaired) electrons. The molecule has 68 valence electrons. The normalized spacial score (nSPS) is 10.8. The fourth-order valence-electron chi connectivity index (χ4n) is 1.17. The van der Waals surface area contributed by atoms with E-state index in [1.54, 1.807) is 0 Å². The second kappa shape index (κ2) is 2.96. The zero-order chi connectivity index (χ0) is 9.26. The number of fused-ring (bicyclic) bond motifs is 1. The first kappa shape index (κ1) is 7.90. The monoisotopic (exact) mass is 179 g/mol. The Morgan fingerprint density at radius 3 is 3.00 bits per heavy atom. The van der Waals surface area contributed by atoms with Crippen LogP contribution in [-0.2, 0) is 6.42 Å². The molecule has 13 heavy (non-hydrogen) atoms. The van der Waals surface area contributed by atoms with Gasteiger partial charge in [-0.25, -0.2) is 10.1 Å². The average molecular weight is 179 g/mol. The molecule has 0 atom stereocenters. The summed E-state index contributed by atoms with van der Waals surface area (Å²) < 4.78 is 0. The van der Waals surface area contributed by atoms with E-state index in [1.807, 2.05) is 6.92 Å². The van der Waals surface area contributed by atoms with Crippen LogP contribution in [0.1, 0.15) is 19.2 Å². The first-order valence-electron chi connectivity index (χ1n) is 4.11. The van der Waals surface area contributed by atoms with Gasteiger partial charge in [0.1, 0.15) is 5.82 Å². The minimum Gasteiger partial charge on any atom is -0.336 e. The lowest BCUT2D eigenvalue weighted by Crippen LogP contribution is -2.09. The van der Waals surface area contributed by atoms with Gasteiger partial charge in [-0.1, -0.05) is 12.1 Å². The summed E-state index contributed by atoms with van der Waals surface area (Å²) in [6.45, 7) is 2.04. The molecule has 0 aliphatic rings. The number of hydrogen-bond acceptors (Lipinski definition) is 4. The van der Waals surface area contributed by atoms with Gasteiger partial charge in [-0.3, -0.25) is 4.79 Å². The van der Waals surface area contributed by atoms with Crippen LogP contribution in [0.15, 0.2) is 4.79 Å². The topological polar surface area (TPSA) is 87.3 Å². The van der Waals surface area contributed by atoms with Crippen LogP contribution in [0.3, 0.4) is 0 Å². The largest absolute Gasteiger partial charge is 0.336 e. The highest BCUT2D eigenvalue weighted by Crippen LogP contribution is 2.03. The molecule has 2 aromatic rings. The predicted molar refractivity (Wildman–Crippen MR) is 46.3 cm³/mol. The molecule has 2 aromatic heterocycles. The van der Waals surface area contributed by atoms with Crippen molar-refractivity contribution < 1.29 is 0 Å². The lowest BCUT2D eigenvalue weighted by atomic mass is 10.3. The maximum atomic E-state index is 11.2. The fraction of sp³-hybridized carbons (Fsp3) is 0.429. The summed E-state index contributed by atoms with van der Waals surface area (Å²) in [4.78, 5) is 18.2. The molecule has 6 heteroatoms. The molecule has 0 saturated carbocycles. The maximum Gasteiger partial charge on any atom is 0.293 e. The van der Waals surface area contributed by atoms with Crippen molar-refractivity contribution in [2.24, 2.45) is 0 Å². The standard InChI is InChI=1S/C7H9N5O/c1-2-3-4-8-5-6(9-4)10-12-11-7(5)13/h2-3H2,1H3,(H2,8,9,10,11,13). The molecule has 2 heterocycles. The summed E-state index contributed by atoms with van der Waals surface area (Å²) in [6.07, 6.45) is 1.79. The SMILES string of the molecule is CCCc1nc2nn[nH]c(=O)c2[nH]1. The summed E-state index contributed by atoms with van der Waals surface area (Å²) in [5, 5.41) is 9.35. The third-order valence-corrected chi connectivity index (χ3v) is 1.74. The minimum atomic E-state index is -0.278. The Labute approximate surface area is 73.4 Å². The summed E-state index contributed by atoms with van der Waals surface area (Å²) in [6, 6.07) is 0. The van der Waals surface area contributed by atoms with Crippen LogP contribution in [-0.4, -0.2) is 25.4 Å². The number of aryl methyl sites for hydroxylation is 1. The molecular weight excluding hydrogens is 170 g/mol. The number of nitrogens with one attached hydrogen (secondary N) is 2. The van der Waals surface area contributed by atoms with Crippen molar-refractivity contribution in [3.8, 4) is 0 Å². The first-order chi connectivity index (χ1) is 6.31. The molecule has 2 rings (SSSR count). The summed E-state index contributed by atoms with van der Waals surface area (Å²) >= 11 is 0. The number of aromatic nitrogens is 5. The lowest BCUT2D eigenvalue weighted by molar-refractivity contribution is 0.854. The maximum absolute atomic E-state index is 11.2. The zero-order valence-corrected chi connectivity index (χ0v) is 7.16. The smallest absolute Gasteiger partial charge is 0.293 e. The number of nitrogens with zero attached hydrogens (tertiary/aromatic N) is 3. The third-order valence-electron chi connectivity index (χ3n) is 1.74. The number of aromatic amines is 2. The van der Waals surface area contributed by atoms with E-state index < -0.39 is 0 Å². The van der Waals surface area contributed by atoms with E-state index in [9.17, 15) is 4.79 Å². The quantitative estimate of drug-likeness (QED) is 0.678. The van der Waals surface area contributed by atoms with Gasteiger partial charge in [0, 0.05) is 6.42 Å². The third kappa shape index (κ3) is 1.30. The molecule has 0 aliphatic heterocycles. The minimum absolute atomic E-state index is 0.278.